The highest BCUT2D eigenvalue weighted by Crippen LogP contribution is 2.30. The number of hydrogen-bond donors (Lipinski definition) is 2. The highest BCUT2D eigenvalue weighted by molar-refractivity contribution is 6.30. The number of halogens is 1. The molecule has 0 saturated heterocycles. The van der Waals surface area contributed by atoms with E-state index < -0.39 is 0 Å². The highest BCUT2D eigenvalue weighted by atomic mass is 35.5. The second-order valence-corrected chi connectivity index (χ2v) is 5.86. The van der Waals surface area contributed by atoms with Gasteiger partial charge >= 0.3 is 0 Å². The van der Waals surface area contributed by atoms with Gasteiger partial charge in [0.05, 0.1) is 19.9 Å². The summed E-state index contributed by atoms with van der Waals surface area (Å²) in [7, 11) is 3.13. The van der Waals surface area contributed by atoms with Crippen molar-refractivity contribution in [3.05, 3.63) is 65.4 Å². The molecule has 2 aromatic carbocycles. The molecule has 3 rings (SSSR count). The molecule has 0 unspecified atom stereocenters. The van der Waals surface area contributed by atoms with Crippen molar-refractivity contribution >= 4 is 34.8 Å². The first kappa shape index (κ1) is 18.5. The highest BCUT2D eigenvalue weighted by Gasteiger charge is 2.11. The van der Waals surface area contributed by atoms with E-state index in [9.17, 15) is 4.79 Å². The molecule has 0 spiro atoms. The van der Waals surface area contributed by atoms with Gasteiger partial charge in [0.1, 0.15) is 17.2 Å². The summed E-state index contributed by atoms with van der Waals surface area (Å²) >= 11 is 5.93. The van der Waals surface area contributed by atoms with E-state index in [1.54, 1.807) is 56.7 Å². The van der Waals surface area contributed by atoms with E-state index in [0.717, 1.165) is 0 Å². The number of anilines is 3. The fourth-order valence-electron chi connectivity index (χ4n) is 2.33. The van der Waals surface area contributed by atoms with Crippen LogP contribution in [0.25, 0.3) is 0 Å². The number of nitrogens with zero attached hydrogens (tertiary/aromatic N) is 2. The van der Waals surface area contributed by atoms with Gasteiger partial charge in [-0.05, 0) is 36.4 Å². The van der Waals surface area contributed by atoms with Gasteiger partial charge in [0.2, 0.25) is 5.95 Å². The summed E-state index contributed by atoms with van der Waals surface area (Å²) in [6.07, 6.45) is 1.50. The molecule has 0 fully saturated rings. The monoisotopic (exact) mass is 384 g/mol. The predicted octanol–water partition coefficient (Wildman–Crippen LogP) is 4.14. The minimum atomic E-state index is -0.371. The molecule has 2 N–H and O–H groups in total. The third-order valence-corrected chi connectivity index (χ3v) is 3.86. The SMILES string of the molecule is COc1ccc(Nc2nccc(C(=O)Nc3cccc(Cl)c3)n2)c(OC)c1. The second-order valence-electron chi connectivity index (χ2n) is 5.42. The fourth-order valence-corrected chi connectivity index (χ4v) is 2.52. The molecule has 1 heterocycles. The quantitative estimate of drug-likeness (QED) is 0.664. The van der Waals surface area contributed by atoms with Crippen LogP contribution in [0.3, 0.4) is 0 Å². The minimum absolute atomic E-state index is 0.208. The Morgan fingerprint density at radius 2 is 1.93 bits per heavy atom. The molecule has 0 radical (unpaired) electrons. The van der Waals surface area contributed by atoms with E-state index in [1.807, 2.05) is 0 Å². The topological polar surface area (TPSA) is 85.4 Å². The molecule has 0 atom stereocenters. The van der Waals surface area contributed by atoms with E-state index in [-0.39, 0.29) is 17.5 Å². The van der Waals surface area contributed by atoms with Crippen molar-refractivity contribution in [2.45, 2.75) is 0 Å². The lowest BCUT2D eigenvalue weighted by atomic mass is 10.2. The van der Waals surface area contributed by atoms with Crippen LogP contribution in [0.2, 0.25) is 5.02 Å². The molecule has 7 nitrogen and oxygen atoms in total. The van der Waals surface area contributed by atoms with Crippen LogP contribution in [0.15, 0.2) is 54.7 Å². The lowest BCUT2D eigenvalue weighted by Crippen LogP contribution is -2.14. The Hall–Kier alpha value is -3.32. The zero-order valence-electron chi connectivity index (χ0n) is 14.7. The van der Waals surface area contributed by atoms with Crippen LogP contribution < -0.4 is 20.1 Å². The maximum absolute atomic E-state index is 12.4. The van der Waals surface area contributed by atoms with E-state index in [2.05, 4.69) is 20.6 Å². The summed E-state index contributed by atoms with van der Waals surface area (Å²) in [5, 5.41) is 6.32. The molecule has 0 saturated carbocycles. The Labute approximate surface area is 161 Å². The second kappa shape index (κ2) is 8.37. The van der Waals surface area contributed by atoms with Gasteiger partial charge in [-0.2, -0.15) is 0 Å². The Kier molecular flexibility index (Phi) is 5.73. The van der Waals surface area contributed by atoms with Crippen LogP contribution >= 0.6 is 11.6 Å². The Balaban J connectivity index is 1.78. The average molecular weight is 385 g/mol. The maximum atomic E-state index is 12.4. The Bertz CT molecular complexity index is 965. The largest absolute Gasteiger partial charge is 0.497 e. The van der Waals surface area contributed by atoms with Crippen LogP contribution in [0.1, 0.15) is 10.5 Å². The molecule has 0 bridgehead atoms. The normalized spacial score (nSPS) is 10.2. The van der Waals surface area contributed by atoms with E-state index in [0.29, 0.717) is 27.9 Å². The number of ether oxygens (including phenoxy) is 2. The van der Waals surface area contributed by atoms with E-state index in [4.69, 9.17) is 21.1 Å². The third kappa shape index (κ3) is 4.65. The van der Waals surface area contributed by atoms with Gasteiger partial charge in [-0.15, -0.1) is 0 Å². The smallest absolute Gasteiger partial charge is 0.274 e. The van der Waals surface area contributed by atoms with Crippen molar-refractivity contribution in [2.24, 2.45) is 0 Å². The lowest BCUT2D eigenvalue weighted by molar-refractivity contribution is 0.102. The summed E-state index contributed by atoms with van der Waals surface area (Å²) < 4.78 is 10.5. The van der Waals surface area contributed by atoms with Crippen LogP contribution in [0, 0.1) is 0 Å². The molecule has 0 aliphatic rings. The molecule has 8 heteroatoms. The minimum Gasteiger partial charge on any atom is -0.497 e. The number of methoxy groups -OCH3 is 2. The predicted molar refractivity (Wildman–Crippen MR) is 104 cm³/mol. The number of carbonyl (C=O) groups is 1. The number of nitrogens with one attached hydrogen (secondary N) is 2. The number of amides is 1. The molecular formula is C19H17ClN4O3. The van der Waals surface area contributed by atoms with E-state index in [1.165, 1.54) is 12.3 Å². The van der Waals surface area contributed by atoms with Crippen LogP contribution in [0.4, 0.5) is 17.3 Å². The molecule has 0 aliphatic carbocycles. The lowest BCUT2D eigenvalue weighted by Gasteiger charge is -2.12. The number of carbonyl (C=O) groups excluding carboxylic acids is 1. The van der Waals surface area contributed by atoms with Gasteiger partial charge in [-0.25, -0.2) is 9.97 Å². The summed E-state index contributed by atoms with van der Waals surface area (Å²) in [4.78, 5) is 20.8. The van der Waals surface area contributed by atoms with Crippen LogP contribution in [-0.4, -0.2) is 30.1 Å². The molecule has 1 aromatic heterocycles. The zero-order chi connectivity index (χ0) is 19.2. The maximum Gasteiger partial charge on any atom is 0.274 e. The van der Waals surface area contributed by atoms with Crippen molar-refractivity contribution in [1.29, 1.82) is 0 Å². The summed E-state index contributed by atoms with van der Waals surface area (Å²) in [5.41, 5.74) is 1.43. The van der Waals surface area contributed by atoms with Gasteiger partial charge in [-0.3, -0.25) is 4.79 Å². The van der Waals surface area contributed by atoms with Gasteiger partial charge in [-0.1, -0.05) is 17.7 Å². The summed E-state index contributed by atoms with van der Waals surface area (Å²) in [5.74, 6) is 1.11. The van der Waals surface area contributed by atoms with Gasteiger partial charge < -0.3 is 20.1 Å². The summed E-state index contributed by atoms with van der Waals surface area (Å²) in [6.45, 7) is 0. The van der Waals surface area contributed by atoms with Crippen molar-refractivity contribution in [3.63, 3.8) is 0 Å². The first-order chi connectivity index (χ1) is 13.1. The number of benzene rings is 2. The Morgan fingerprint density at radius 3 is 2.67 bits per heavy atom. The number of aromatic nitrogens is 2. The molecule has 0 aliphatic heterocycles. The third-order valence-electron chi connectivity index (χ3n) is 3.63. The molecule has 138 valence electrons. The van der Waals surface area contributed by atoms with Gasteiger partial charge in [0, 0.05) is 23.0 Å². The Morgan fingerprint density at radius 1 is 1.07 bits per heavy atom. The first-order valence-corrected chi connectivity index (χ1v) is 8.36. The zero-order valence-corrected chi connectivity index (χ0v) is 15.4. The molecule has 3 aromatic rings. The van der Waals surface area contributed by atoms with Crippen molar-refractivity contribution in [3.8, 4) is 11.5 Å². The van der Waals surface area contributed by atoms with Crippen molar-refractivity contribution in [1.82, 2.24) is 9.97 Å². The standard InChI is InChI=1S/C19H17ClN4O3/c1-26-14-6-7-15(17(11-14)27-2)23-19-21-9-8-16(24-19)18(25)22-13-5-3-4-12(20)10-13/h3-11H,1-2H3,(H,22,25)(H,21,23,24). The number of rotatable bonds is 6. The molecule has 1 amide bonds. The van der Waals surface area contributed by atoms with Crippen molar-refractivity contribution < 1.29 is 14.3 Å². The fraction of sp³-hybridized carbons (Fsp3) is 0.105. The average Bonchev–Trinajstić information content (AvgIpc) is 2.68. The number of hydrogen-bond acceptors (Lipinski definition) is 6. The van der Waals surface area contributed by atoms with Crippen LogP contribution in [0.5, 0.6) is 11.5 Å². The van der Waals surface area contributed by atoms with Gasteiger partial charge in [0.25, 0.3) is 5.91 Å². The molecular weight excluding hydrogens is 368 g/mol. The van der Waals surface area contributed by atoms with E-state index >= 15 is 0 Å². The summed E-state index contributed by atoms with van der Waals surface area (Å²) in [6, 6.07) is 13.7. The molecule has 27 heavy (non-hydrogen) atoms. The van der Waals surface area contributed by atoms with Crippen LogP contribution in [-0.2, 0) is 0 Å². The first-order valence-electron chi connectivity index (χ1n) is 7.98. The van der Waals surface area contributed by atoms with Gasteiger partial charge in [0.15, 0.2) is 0 Å². The van der Waals surface area contributed by atoms with Crippen molar-refractivity contribution in [2.75, 3.05) is 24.9 Å².